The average Bonchev–Trinajstić information content (AvgIpc) is 3.52. The molecule has 0 aliphatic heterocycles. The zero-order valence-corrected chi connectivity index (χ0v) is 16.2. The van der Waals surface area contributed by atoms with E-state index in [1.54, 1.807) is 12.5 Å². The molecule has 0 bridgehead atoms. The molecule has 0 saturated heterocycles. The summed E-state index contributed by atoms with van der Waals surface area (Å²) in [6.07, 6.45) is 9.83. The van der Waals surface area contributed by atoms with Gasteiger partial charge in [0.2, 0.25) is 0 Å². The van der Waals surface area contributed by atoms with Crippen molar-refractivity contribution in [2.75, 3.05) is 0 Å². The Morgan fingerprint density at radius 1 is 0.759 bits per heavy atom. The van der Waals surface area contributed by atoms with Gasteiger partial charge in [-0.2, -0.15) is 0 Å². The van der Waals surface area contributed by atoms with Gasteiger partial charge in [-0.3, -0.25) is 0 Å². The molecular formula is C25H22N2O2. The number of nitrogens with zero attached hydrogens (tertiary/aromatic N) is 1. The zero-order valence-electron chi connectivity index (χ0n) is 16.2. The molecule has 1 aliphatic rings. The molecule has 0 atom stereocenters. The maximum absolute atomic E-state index is 5.53. The minimum absolute atomic E-state index is 0.520. The quantitative estimate of drug-likeness (QED) is 0.356. The van der Waals surface area contributed by atoms with Crippen molar-refractivity contribution in [3.63, 3.8) is 0 Å². The second-order valence-electron chi connectivity index (χ2n) is 8.03. The molecule has 3 heterocycles. The van der Waals surface area contributed by atoms with Gasteiger partial charge in [0.25, 0.3) is 0 Å². The van der Waals surface area contributed by atoms with E-state index in [1.165, 1.54) is 32.1 Å². The van der Waals surface area contributed by atoms with Crippen LogP contribution in [0.4, 0.5) is 0 Å². The highest BCUT2D eigenvalue weighted by atomic mass is 16.3. The molecule has 1 saturated carbocycles. The van der Waals surface area contributed by atoms with Crippen molar-refractivity contribution >= 4 is 21.9 Å². The summed E-state index contributed by atoms with van der Waals surface area (Å²) in [7, 11) is 0. The Morgan fingerprint density at radius 2 is 1.41 bits per heavy atom. The van der Waals surface area contributed by atoms with Crippen molar-refractivity contribution < 1.29 is 8.83 Å². The van der Waals surface area contributed by atoms with Gasteiger partial charge in [0.1, 0.15) is 17.0 Å². The molecule has 0 spiro atoms. The normalized spacial score (nSPS) is 15.4. The molecule has 1 fully saturated rings. The molecule has 3 aromatic heterocycles. The van der Waals surface area contributed by atoms with Gasteiger partial charge in [0.05, 0.1) is 23.9 Å². The Bertz CT molecular complexity index is 1210. The monoisotopic (exact) mass is 382 g/mol. The first-order chi connectivity index (χ1) is 14.3. The van der Waals surface area contributed by atoms with E-state index < -0.39 is 0 Å². The lowest BCUT2D eigenvalue weighted by atomic mass is 9.89. The summed E-state index contributed by atoms with van der Waals surface area (Å²) in [5.74, 6) is 1.64. The molecule has 0 unspecified atom stereocenters. The maximum Gasteiger partial charge on any atom is 0.133 e. The van der Waals surface area contributed by atoms with Gasteiger partial charge < -0.3 is 13.8 Å². The van der Waals surface area contributed by atoms with Crippen LogP contribution >= 0.6 is 0 Å². The lowest BCUT2D eigenvalue weighted by Crippen LogP contribution is -2.06. The highest BCUT2D eigenvalue weighted by Crippen LogP contribution is 2.38. The van der Waals surface area contributed by atoms with Crippen molar-refractivity contribution in [2.24, 2.45) is 0 Å². The summed E-state index contributed by atoms with van der Waals surface area (Å²) in [6.45, 7) is 0. The topological polar surface area (TPSA) is 55.0 Å². The number of rotatable bonds is 3. The molecule has 29 heavy (non-hydrogen) atoms. The Labute approximate surface area is 168 Å². The fourth-order valence-corrected chi connectivity index (χ4v) is 4.61. The minimum Gasteiger partial charge on any atom is -0.464 e. The Kier molecular flexibility index (Phi) is 3.83. The number of aromatic amines is 1. The lowest BCUT2D eigenvalue weighted by Gasteiger charge is -2.19. The Hall–Kier alpha value is -3.27. The van der Waals surface area contributed by atoms with Crippen LogP contribution in [0.5, 0.6) is 0 Å². The molecule has 1 N–H and O–H groups in total. The summed E-state index contributed by atoms with van der Waals surface area (Å²) >= 11 is 0. The number of aromatic nitrogens is 2. The summed E-state index contributed by atoms with van der Waals surface area (Å²) in [4.78, 5) is 8.83. The Balaban J connectivity index is 1.52. The van der Waals surface area contributed by atoms with Crippen LogP contribution in [0.15, 0.2) is 69.9 Å². The first kappa shape index (κ1) is 16.7. The number of furan rings is 2. The van der Waals surface area contributed by atoms with E-state index in [0.29, 0.717) is 5.92 Å². The van der Waals surface area contributed by atoms with Crippen molar-refractivity contribution in [1.29, 1.82) is 0 Å². The third kappa shape index (κ3) is 2.87. The van der Waals surface area contributed by atoms with E-state index in [0.717, 1.165) is 50.3 Å². The number of fused-ring (bicyclic) bond motifs is 2. The fourth-order valence-electron chi connectivity index (χ4n) is 4.61. The first-order valence-corrected chi connectivity index (χ1v) is 10.4. The predicted molar refractivity (Wildman–Crippen MR) is 115 cm³/mol. The van der Waals surface area contributed by atoms with Crippen molar-refractivity contribution in [2.45, 2.75) is 38.0 Å². The SMILES string of the molecule is c1cc2cc(-c3nc(C4CCCCC4)[nH]c3-c3ccc4occc4c3)ccc2o1. The molecule has 6 rings (SSSR count). The molecule has 5 aromatic rings. The summed E-state index contributed by atoms with van der Waals surface area (Å²) < 4.78 is 11.1. The van der Waals surface area contributed by atoms with Gasteiger partial charge in [0.15, 0.2) is 0 Å². The molecular weight excluding hydrogens is 360 g/mol. The largest absolute Gasteiger partial charge is 0.464 e. The van der Waals surface area contributed by atoms with E-state index in [2.05, 4.69) is 29.2 Å². The summed E-state index contributed by atoms with van der Waals surface area (Å²) in [5, 5.41) is 2.20. The number of benzene rings is 2. The van der Waals surface area contributed by atoms with Crippen LogP contribution in [-0.2, 0) is 0 Å². The molecule has 144 valence electrons. The van der Waals surface area contributed by atoms with Gasteiger partial charge in [-0.25, -0.2) is 4.98 Å². The molecule has 0 amide bonds. The number of hydrogen-bond donors (Lipinski definition) is 1. The van der Waals surface area contributed by atoms with E-state index in [9.17, 15) is 0 Å². The van der Waals surface area contributed by atoms with Gasteiger partial charge >= 0.3 is 0 Å². The van der Waals surface area contributed by atoms with Crippen LogP contribution in [0.25, 0.3) is 44.5 Å². The van der Waals surface area contributed by atoms with Gasteiger partial charge in [-0.05, 0) is 61.4 Å². The number of imidazole rings is 1. The fraction of sp³-hybridized carbons (Fsp3) is 0.240. The second kappa shape index (κ2) is 6.66. The van der Waals surface area contributed by atoms with Crippen LogP contribution in [0.2, 0.25) is 0 Å². The van der Waals surface area contributed by atoms with Crippen LogP contribution in [0.3, 0.4) is 0 Å². The van der Waals surface area contributed by atoms with Crippen LogP contribution < -0.4 is 0 Å². The van der Waals surface area contributed by atoms with Crippen LogP contribution in [-0.4, -0.2) is 9.97 Å². The number of H-pyrrole nitrogens is 1. The maximum atomic E-state index is 5.53. The predicted octanol–water partition coefficient (Wildman–Crippen LogP) is 7.28. The minimum atomic E-state index is 0.520. The highest BCUT2D eigenvalue weighted by Gasteiger charge is 2.22. The first-order valence-electron chi connectivity index (χ1n) is 10.4. The van der Waals surface area contributed by atoms with Crippen molar-refractivity contribution in [3.05, 3.63) is 66.9 Å². The second-order valence-corrected chi connectivity index (χ2v) is 8.03. The third-order valence-corrected chi connectivity index (χ3v) is 6.18. The summed E-state index contributed by atoms with van der Waals surface area (Å²) in [5.41, 5.74) is 6.14. The zero-order chi connectivity index (χ0) is 19.2. The molecule has 4 nitrogen and oxygen atoms in total. The van der Waals surface area contributed by atoms with Crippen molar-refractivity contribution in [1.82, 2.24) is 9.97 Å². The molecule has 1 aliphatic carbocycles. The molecule has 4 heteroatoms. The van der Waals surface area contributed by atoms with E-state index in [4.69, 9.17) is 13.8 Å². The van der Waals surface area contributed by atoms with Gasteiger partial charge in [0, 0.05) is 27.8 Å². The van der Waals surface area contributed by atoms with E-state index >= 15 is 0 Å². The van der Waals surface area contributed by atoms with E-state index in [-0.39, 0.29) is 0 Å². The lowest BCUT2D eigenvalue weighted by molar-refractivity contribution is 0.431. The van der Waals surface area contributed by atoms with Crippen LogP contribution in [0.1, 0.15) is 43.8 Å². The van der Waals surface area contributed by atoms with Gasteiger partial charge in [-0.15, -0.1) is 0 Å². The molecule has 0 radical (unpaired) electrons. The van der Waals surface area contributed by atoms with Crippen LogP contribution in [0, 0.1) is 0 Å². The summed E-state index contributed by atoms with van der Waals surface area (Å²) in [6, 6.07) is 16.6. The third-order valence-electron chi connectivity index (χ3n) is 6.18. The highest BCUT2D eigenvalue weighted by molar-refractivity contribution is 5.89. The molecule has 2 aromatic carbocycles. The number of nitrogens with one attached hydrogen (secondary N) is 1. The van der Waals surface area contributed by atoms with Gasteiger partial charge in [-0.1, -0.05) is 19.3 Å². The number of hydrogen-bond acceptors (Lipinski definition) is 3. The standard InChI is InChI=1S/C25H22N2O2/c1-2-4-16(5-3-1)25-26-23(19-6-8-21-17(14-19)10-12-28-21)24(27-25)20-7-9-22-18(15-20)11-13-29-22/h6-16H,1-5H2,(H,26,27). The average molecular weight is 382 g/mol. The van der Waals surface area contributed by atoms with Crippen molar-refractivity contribution in [3.8, 4) is 22.5 Å². The van der Waals surface area contributed by atoms with E-state index in [1.807, 2.05) is 24.3 Å². The smallest absolute Gasteiger partial charge is 0.133 e. The Morgan fingerprint density at radius 3 is 2.14 bits per heavy atom.